The minimum atomic E-state index is 0.896. The van der Waals surface area contributed by atoms with E-state index in [0.717, 1.165) is 5.75 Å². The lowest BCUT2D eigenvalue weighted by atomic mass is 10.1. The van der Waals surface area contributed by atoms with Crippen molar-refractivity contribution < 1.29 is 4.74 Å². The highest BCUT2D eigenvalue weighted by molar-refractivity contribution is 5.92. The van der Waals surface area contributed by atoms with Gasteiger partial charge in [-0.2, -0.15) is 0 Å². The molecule has 0 saturated heterocycles. The number of benzene rings is 2. The highest BCUT2D eigenvalue weighted by Gasteiger charge is 2.13. The maximum atomic E-state index is 5.32. The monoisotopic (exact) mass is 251 g/mol. The zero-order valence-electron chi connectivity index (χ0n) is 11.5. The molecule has 0 aliphatic heterocycles. The lowest BCUT2D eigenvalue weighted by Gasteiger charge is -2.06. The fourth-order valence-corrected chi connectivity index (χ4v) is 2.74. The second-order valence-electron chi connectivity index (χ2n) is 4.78. The highest BCUT2D eigenvalue weighted by Crippen LogP contribution is 2.33. The van der Waals surface area contributed by atoms with Gasteiger partial charge >= 0.3 is 0 Å². The van der Waals surface area contributed by atoms with Crippen molar-refractivity contribution in [3.8, 4) is 17.0 Å². The van der Waals surface area contributed by atoms with Crippen LogP contribution < -0.4 is 4.74 Å². The Labute approximate surface area is 113 Å². The molecule has 19 heavy (non-hydrogen) atoms. The number of aromatic nitrogens is 1. The molecule has 0 radical (unpaired) electrons. The average Bonchev–Trinajstić information content (AvgIpc) is 2.71. The molecule has 1 heterocycles. The van der Waals surface area contributed by atoms with Gasteiger partial charge in [-0.15, -0.1) is 0 Å². The number of aryl methyl sites for hydroxylation is 2. The quantitative estimate of drug-likeness (QED) is 0.667. The Balaban J connectivity index is 2.32. The van der Waals surface area contributed by atoms with Gasteiger partial charge in [0.25, 0.3) is 0 Å². The van der Waals surface area contributed by atoms with E-state index in [1.807, 2.05) is 12.1 Å². The van der Waals surface area contributed by atoms with Crippen LogP contribution in [-0.4, -0.2) is 11.7 Å². The van der Waals surface area contributed by atoms with Crippen LogP contribution >= 0.6 is 0 Å². The summed E-state index contributed by atoms with van der Waals surface area (Å²) in [6.45, 7) is 2.18. The van der Waals surface area contributed by atoms with Crippen LogP contribution in [0.4, 0.5) is 0 Å². The first-order valence-electron chi connectivity index (χ1n) is 6.41. The van der Waals surface area contributed by atoms with E-state index in [9.17, 15) is 0 Å². The molecule has 0 aliphatic carbocycles. The Bertz CT molecular complexity index is 726. The van der Waals surface area contributed by atoms with Crippen LogP contribution in [0, 0.1) is 6.92 Å². The van der Waals surface area contributed by atoms with Crippen molar-refractivity contribution in [1.29, 1.82) is 0 Å². The normalized spacial score (nSPS) is 10.9. The van der Waals surface area contributed by atoms with Crippen molar-refractivity contribution >= 4 is 10.9 Å². The van der Waals surface area contributed by atoms with Crippen LogP contribution in [0.2, 0.25) is 0 Å². The summed E-state index contributed by atoms with van der Waals surface area (Å²) in [4.78, 5) is 0. The van der Waals surface area contributed by atoms with Crippen molar-refractivity contribution in [2.45, 2.75) is 6.92 Å². The van der Waals surface area contributed by atoms with E-state index in [1.165, 1.54) is 27.7 Å². The van der Waals surface area contributed by atoms with Gasteiger partial charge in [0, 0.05) is 18.5 Å². The molecule has 0 saturated carbocycles. The summed E-state index contributed by atoms with van der Waals surface area (Å²) in [6.07, 6.45) is 0. The van der Waals surface area contributed by atoms with Crippen LogP contribution in [0.1, 0.15) is 5.56 Å². The Hall–Kier alpha value is -2.22. The number of methoxy groups -OCH3 is 1. The van der Waals surface area contributed by atoms with E-state index >= 15 is 0 Å². The first-order valence-corrected chi connectivity index (χ1v) is 6.41. The van der Waals surface area contributed by atoms with Gasteiger partial charge in [-0.25, -0.2) is 0 Å². The molecule has 3 aromatic rings. The number of ether oxygens (including phenoxy) is 1. The molecule has 3 rings (SSSR count). The van der Waals surface area contributed by atoms with Crippen LogP contribution in [0.5, 0.6) is 5.75 Å². The van der Waals surface area contributed by atoms with Crippen LogP contribution in [0.25, 0.3) is 22.2 Å². The van der Waals surface area contributed by atoms with E-state index in [1.54, 1.807) is 7.11 Å². The van der Waals surface area contributed by atoms with Gasteiger partial charge in [-0.1, -0.05) is 30.3 Å². The van der Waals surface area contributed by atoms with Gasteiger partial charge in [0.05, 0.1) is 18.3 Å². The Kier molecular flexibility index (Phi) is 2.79. The molecule has 0 spiro atoms. The van der Waals surface area contributed by atoms with E-state index < -0.39 is 0 Å². The molecular formula is C17H17NO. The number of rotatable bonds is 2. The molecule has 0 amide bonds. The third-order valence-corrected chi connectivity index (χ3v) is 3.71. The van der Waals surface area contributed by atoms with Gasteiger partial charge in [-0.05, 0) is 30.2 Å². The summed E-state index contributed by atoms with van der Waals surface area (Å²) >= 11 is 0. The molecule has 0 bridgehead atoms. The minimum Gasteiger partial charge on any atom is -0.497 e. The third kappa shape index (κ3) is 1.80. The Morgan fingerprint density at radius 1 is 1.00 bits per heavy atom. The highest BCUT2D eigenvalue weighted by atomic mass is 16.5. The number of nitrogens with zero attached hydrogens (tertiary/aromatic N) is 1. The Morgan fingerprint density at radius 2 is 1.74 bits per heavy atom. The molecule has 0 atom stereocenters. The van der Waals surface area contributed by atoms with Crippen LogP contribution in [-0.2, 0) is 7.05 Å². The summed E-state index contributed by atoms with van der Waals surface area (Å²) < 4.78 is 7.56. The maximum Gasteiger partial charge on any atom is 0.120 e. The molecule has 0 N–H and O–H groups in total. The smallest absolute Gasteiger partial charge is 0.120 e. The SMILES string of the molecule is COc1ccc2c(C)c(-c3ccccc3)n(C)c2c1. The maximum absolute atomic E-state index is 5.32. The van der Waals surface area contributed by atoms with Crippen molar-refractivity contribution in [3.63, 3.8) is 0 Å². The van der Waals surface area contributed by atoms with Gasteiger partial charge in [0.2, 0.25) is 0 Å². The zero-order valence-corrected chi connectivity index (χ0v) is 11.5. The van der Waals surface area contributed by atoms with Gasteiger partial charge < -0.3 is 9.30 Å². The molecule has 2 aromatic carbocycles. The van der Waals surface area contributed by atoms with Crippen LogP contribution in [0.15, 0.2) is 48.5 Å². The summed E-state index contributed by atoms with van der Waals surface area (Å²) in [5, 5.41) is 1.28. The minimum absolute atomic E-state index is 0.896. The second-order valence-corrected chi connectivity index (χ2v) is 4.78. The first kappa shape index (κ1) is 11.8. The lowest BCUT2D eigenvalue weighted by Crippen LogP contribution is -1.92. The number of fused-ring (bicyclic) bond motifs is 1. The second kappa shape index (κ2) is 4.47. The summed E-state index contributed by atoms with van der Waals surface area (Å²) in [6, 6.07) is 16.7. The average molecular weight is 251 g/mol. The van der Waals surface area contributed by atoms with Crippen LogP contribution in [0.3, 0.4) is 0 Å². The summed E-state index contributed by atoms with van der Waals surface area (Å²) in [7, 11) is 3.81. The van der Waals surface area contributed by atoms with E-state index in [2.05, 4.69) is 54.9 Å². The molecule has 2 nitrogen and oxygen atoms in total. The molecule has 1 aromatic heterocycles. The van der Waals surface area contributed by atoms with Crippen molar-refractivity contribution in [2.75, 3.05) is 7.11 Å². The van der Waals surface area contributed by atoms with Gasteiger partial charge in [-0.3, -0.25) is 0 Å². The predicted molar refractivity (Wildman–Crippen MR) is 79.6 cm³/mol. The van der Waals surface area contributed by atoms with Crippen molar-refractivity contribution in [1.82, 2.24) is 4.57 Å². The zero-order chi connectivity index (χ0) is 13.4. The predicted octanol–water partition coefficient (Wildman–Crippen LogP) is 4.16. The fraction of sp³-hybridized carbons (Fsp3) is 0.176. The molecule has 0 unspecified atom stereocenters. The van der Waals surface area contributed by atoms with E-state index in [-0.39, 0.29) is 0 Å². The van der Waals surface area contributed by atoms with Crippen molar-refractivity contribution in [2.24, 2.45) is 7.05 Å². The van der Waals surface area contributed by atoms with E-state index in [4.69, 9.17) is 4.74 Å². The molecule has 0 fully saturated rings. The first-order chi connectivity index (χ1) is 9.22. The summed E-state index contributed by atoms with van der Waals surface area (Å²) in [5.74, 6) is 0.896. The van der Waals surface area contributed by atoms with E-state index in [0.29, 0.717) is 0 Å². The summed E-state index contributed by atoms with van der Waals surface area (Å²) in [5.41, 5.74) is 5.03. The lowest BCUT2D eigenvalue weighted by molar-refractivity contribution is 0.415. The number of hydrogen-bond acceptors (Lipinski definition) is 1. The molecular weight excluding hydrogens is 234 g/mol. The van der Waals surface area contributed by atoms with Gasteiger partial charge in [0.1, 0.15) is 5.75 Å². The topological polar surface area (TPSA) is 14.2 Å². The standard InChI is InChI=1S/C17H17NO/c1-12-15-10-9-14(19-3)11-16(15)18(2)17(12)13-7-5-4-6-8-13/h4-11H,1-3H3. The molecule has 0 aliphatic rings. The van der Waals surface area contributed by atoms with Crippen molar-refractivity contribution in [3.05, 3.63) is 54.1 Å². The molecule has 2 heteroatoms. The third-order valence-electron chi connectivity index (χ3n) is 3.71. The largest absolute Gasteiger partial charge is 0.497 e. The van der Waals surface area contributed by atoms with Gasteiger partial charge in [0.15, 0.2) is 0 Å². The Morgan fingerprint density at radius 3 is 2.42 bits per heavy atom. The fourth-order valence-electron chi connectivity index (χ4n) is 2.74. The molecule has 96 valence electrons. The number of hydrogen-bond donors (Lipinski definition) is 0.